The highest BCUT2D eigenvalue weighted by molar-refractivity contribution is 9.10. The van der Waals surface area contributed by atoms with Crippen molar-refractivity contribution in [2.75, 3.05) is 12.4 Å². The molecule has 1 aromatic carbocycles. The number of methoxy groups -OCH3 is 1. The quantitative estimate of drug-likeness (QED) is 0.854. The van der Waals surface area contributed by atoms with Gasteiger partial charge in [-0.3, -0.25) is 0 Å². The maximum Gasteiger partial charge on any atom is 0.133 e. The molecule has 1 N–H and O–H groups in total. The molecule has 0 atom stereocenters. The van der Waals surface area contributed by atoms with Gasteiger partial charge < -0.3 is 10.1 Å². The molecule has 0 saturated carbocycles. The van der Waals surface area contributed by atoms with E-state index in [-0.39, 0.29) is 5.41 Å². The molecule has 0 aliphatic rings. The summed E-state index contributed by atoms with van der Waals surface area (Å²) in [6.45, 7) is 7.28. The minimum absolute atomic E-state index is 0.117. The largest absolute Gasteiger partial charge is 0.496 e. The molecule has 0 amide bonds. The van der Waals surface area contributed by atoms with Crippen molar-refractivity contribution in [1.82, 2.24) is 4.98 Å². The van der Waals surface area contributed by atoms with Crippen molar-refractivity contribution in [3.63, 3.8) is 0 Å². The zero-order valence-electron chi connectivity index (χ0n) is 12.2. The number of hydrogen-bond donors (Lipinski definition) is 1. The molecule has 0 unspecified atom stereocenters. The Morgan fingerprint density at radius 3 is 2.65 bits per heavy atom. The number of benzene rings is 1. The Morgan fingerprint density at radius 2 is 2.10 bits per heavy atom. The van der Waals surface area contributed by atoms with Gasteiger partial charge in [-0.1, -0.05) is 20.8 Å². The first kappa shape index (κ1) is 15.3. The van der Waals surface area contributed by atoms with Crippen LogP contribution in [0.25, 0.3) is 0 Å². The summed E-state index contributed by atoms with van der Waals surface area (Å²) in [5.74, 6) is 0.833. The van der Waals surface area contributed by atoms with Gasteiger partial charge in [0.2, 0.25) is 0 Å². The van der Waals surface area contributed by atoms with Gasteiger partial charge in [0, 0.05) is 16.5 Å². The number of rotatable bonds is 4. The molecule has 20 heavy (non-hydrogen) atoms. The summed E-state index contributed by atoms with van der Waals surface area (Å²) in [7, 11) is 1.66. The van der Waals surface area contributed by atoms with Gasteiger partial charge in [-0.25, -0.2) is 4.98 Å². The lowest BCUT2D eigenvalue weighted by Crippen LogP contribution is -2.11. The Bertz CT molecular complexity index is 590. The van der Waals surface area contributed by atoms with Gasteiger partial charge in [0.1, 0.15) is 5.75 Å². The fourth-order valence-electron chi connectivity index (χ4n) is 1.70. The van der Waals surface area contributed by atoms with Crippen molar-refractivity contribution in [2.45, 2.75) is 32.7 Å². The minimum Gasteiger partial charge on any atom is -0.496 e. The number of nitrogens with one attached hydrogen (secondary N) is 1. The van der Waals surface area contributed by atoms with Gasteiger partial charge in [-0.2, -0.15) is 0 Å². The van der Waals surface area contributed by atoms with E-state index in [0.29, 0.717) is 0 Å². The average Bonchev–Trinajstić information content (AvgIpc) is 2.85. The van der Waals surface area contributed by atoms with Crippen LogP contribution in [0.3, 0.4) is 0 Å². The second-order valence-electron chi connectivity index (χ2n) is 5.60. The second-order valence-corrected chi connectivity index (χ2v) is 7.31. The first-order valence-electron chi connectivity index (χ1n) is 6.42. The van der Waals surface area contributed by atoms with Crippen molar-refractivity contribution in [3.05, 3.63) is 38.8 Å². The maximum absolute atomic E-state index is 5.22. The molecule has 108 valence electrons. The van der Waals surface area contributed by atoms with E-state index in [1.165, 1.54) is 5.01 Å². The van der Waals surface area contributed by atoms with Crippen LogP contribution in [-0.4, -0.2) is 12.1 Å². The van der Waals surface area contributed by atoms with Crippen molar-refractivity contribution in [2.24, 2.45) is 0 Å². The fraction of sp³-hybridized carbons (Fsp3) is 0.400. The zero-order valence-corrected chi connectivity index (χ0v) is 14.6. The highest BCUT2D eigenvalue weighted by Gasteiger charge is 2.17. The molecule has 1 heterocycles. The topological polar surface area (TPSA) is 34.1 Å². The Balaban J connectivity index is 2.02. The summed E-state index contributed by atoms with van der Waals surface area (Å²) in [6.07, 6.45) is 0. The normalized spacial score (nSPS) is 11.4. The van der Waals surface area contributed by atoms with E-state index < -0.39 is 0 Å². The molecule has 0 bridgehead atoms. The van der Waals surface area contributed by atoms with Crippen molar-refractivity contribution < 1.29 is 4.74 Å². The highest BCUT2D eigenvalue weighted by Crippen LogP contribution is 2.29. The molecule has 0 aliphatic carbocycles. The fourth-order valence-corrected chi connectivity index (χ4v) is 3.15. The van der Waals surface area contributed by atoms with Crippen molar-refractivity contribution in [1.29, 1.82) is 0 Å². The van der Waals surface area contributed by atoms with Crippen LogP contribution in [0.4, 0.5) is 5.69 Å². The number of anilines is 1. The summed E-state index contributed by atoms with van der Waals surface area (Å²) in [5.41, 5.74) is 2.24. The number of nitrogens with zero attached hydrogens (tertiary/aromatic N) is 1. The molecule has 2 aromatic rings. The van der Waals surface area contributed by atoms with Gasteiger partial charge in [0.25, 0.3) is 0 Å². The summed E-state index contributed by atoms with van der Waals surface area (Å²) in [6, 6.07) is 5.95. The standard InChI is InChI=1S/C15H19BrN2OS/c1-15(2,3)14-18-11(9-20-14)8-17-10-5-6-13(19-4)12(16)7-10/h5-7,9,17H,8H2,1-4H3. The number of halogens is 1. The van der Waals surface area contributed by atoms with Crippen LogP contribution in [0.2, 0.25) is 0 Å². The third kappa shape index (κ3) is 3.73. The molecule has 0 spiro atoms. The van der Waals surface area contributed by atoms with E-state index in [9.17, 15) is 0 Å². The molecular formula is C15H19BrN2OS. The lowest BCUT2D eigenvalue weighted by atomic mass is 9.98. The molecule has 3 nitrogen and oxygen atoms in total. The lowest BCUT2D eigenvalue weighted by molar-refractivity contribution is 0.412. The molecule has 0 fully saturated rings. The zero-order chi connectivity index (χ0) is 14.8. The van der Waals surface area contributed by atoms with Gasteiger partial charge in [-0.05, 0) is 34.1 Å². The van der Waals surface area contributed by atoms with E-state index in [0.717, 1.165) is 28.1 Å². The Labute approximate surface area is 132 Å². The van der Waals surface area contributed by atoms with Crippen LogP contribution in [-0.2, 0) is 12.0 Å². The van der Waals surface area contributed by atoms with Gasteiger partial charge >= 0.3 is 0 Å². The molecule has 0 saturated heterocycles. The SMILES string of the molecule is COc1ccc(NCc2csc(C(C)(C)C)n2)cc1Br. The van der Waals surface area contributed by atoms with E-state index in [1.807, 2.05) is 18.2 Å². The minimum atomic E-state index is 0.117. The second kappa shape index (κ2) is 6.14. The third-order valence-electron chi connectivity index (χ3n) is 2.82. The van der Waals surface area contributed by atoms with Crippen LogP contribution in [0.15, 0.2) is 28.1 Å². The smallest absolute Gasteiger partial charge is 0.133 e. The first-order valence-corrected chi connectivity index (χ1v) is 8.09. The van der Waals surface area contributed by atoms with E-state index in [4.69, 9.17) is 4.74 Å². The summed E-state index contributed by atoms with van der Waals surface area (Å²) >= 11 is 5.21. The molecule has 1 aromatic heterocycles. The van der Waals surface area contributed by atoms with Crippen molar-refractivity contribution in [3.8, 4) is 5.75 Å². The van der Waals surface area contributed by atoms with Crippen LogP contribution >= 0.6 is 27.3 Å². The lowest BCUT2D eigenvalue weighted by Gasteiger charge is -2.13. The van der Waals surface area contributed by atoms with Gasteiger partial charge in [-0.15, -0.1) is 11.3 Å². The van der Waals surface area contributed by atoms with E-state index in [1.54, 1.807) is 18.4 Å². The first-order chi connectivity index (χ1) is 9.40. The number of hydrogen-bond acceptors (Lipinski definition) is 4. The molecule has 2 rings (SSSR count). The molecule has 5 heteroatoms. The number of aromatic nitrogens is 1. The summed E-state index contributed by atoms with van der Waals surface area (Å²) < 4.78 is 6.16. The maximum atomic E-state index is 5.22. The number of ether oxygens (including phenoxy) is 1. The number of thiazole rings is 1. The van der Waals surface area contributed by atoms with E-state index >= 15 is 0 Å². The average molecular weight is 355 g/mol. The Morgan fingerprint density at radius 1 is 1.35 bits per heavy atom. The third-order valence-corrected chi connectivity index (χ3v) is 4.76. The van der Waals surface area contributed by atoms with Gasteiger partial charge in [0.05, 0.1) is 28.8 Å². The molecular weight excluding hydrogens is 336 g/mol. The summed E-state index contributed by atoms with van der Waals surface area (Å²) in [5, 5.41) is 6.67. The molecule has 0 radical (unpaired) electrons. The van der Waals surface area contributed by atoms with Gasteiger partial charge in [0.15, 0.2) is 0 Å². The van der Waals surface area contributed by atoms with E-state index in [2.05, 4.69) is 52.4 Å². The van der Waals surface area contributed by atoms with Crippen LogP contribution < -0.4 is 10.1 Å². The molecule has 0 aliphatic heterocycles. The van der Waals surface area contributed by atoms with Crippen LogP contribution in [0, 0.1) is 0 Å². The summed E-state index contributed by atoms with van der Waals surface area (Å²) in [4.78, 5) is 4.67. The predicted molar refractivity (Wildman–Crippen MR) is 88.8 cm³/mol. The highest BCUT2D eigenvalue weighted by atomic mass is 79.9. The monoisotopic (exact) mass is 354 g/mol. The predicted octanol–water partition coefficient (Wildman–Crippen LogP) is 4.82. The van der Waals surface area contributed by atoms with Crippen LogP contribution in [0.5, 0.6) is 5.75 Å². The Kier molecular flexibility index (Phi) is 4.70. The van der Waals surface area contributed by atoms with Crippen molar-refractivity contribution >= 4 is 33.0 Å². The van der Waals surface area contributed by atoms with Crippen LogP contribution in [0.1, 0.15) is 31.5 Å². The Hall–Kier alpha value is -1.07.